The lowest BCUT2D eigenvalue weighted by atomic mass is 9.95. The zero-order valence-corrected chi connectivity index (χ0v) is 31.9. The smallest absolute Gasteiger partial charge is 0.308 e. The van der Waals surface area contributed by atoms with Gasteiger partial charge in [0, 0.05) is 41.0 Å². The molecule has 0 aliphatic heterocycles. The van der Waals surface area contributed by atoms with Crippen LogP contribution in [0.5, 0.6) is 11.5 Å². The van der Waals surface area contributed by atoms with Crippen LogP contribution in [0, 0.1) is 20.8 Å². The summed E-state index contributed by atoms with van der Waals surface area (Å²) in [5, 5.41) is 0. The summed E-state index contributed by atoms with van der Waals surface area (Å²) >= 11 is 0. The Morgan fingerprint density at radius 2 is 0.982 bits per heavy atom. The molecule has 0 radical (unpaired) electrons. The lowest BCUT2D eigenvalue weighted by Gasteiger charge is -2.30. The predicted octanol–water partition coefficient (Wildman–Crippen LogP) is 13.1. The zero-order valence-electron chi connectivity index (χ0n) is 31.9. The van der Waals surface area contributed by atoms with Gasteiger partial charge in [-0.15, -0.1) is 0 Å². The van der Waals surface area contributed by atoms with Crippen LogP contribution in [0.15, 0.2) is 170 Å². The Morgan fingerprint density at radius 3 is 1.45 bits per heavy atom. The normalized spacial score (nSPS) is 11.2. The molecular formula is C50H44N2O3. The van der Waals surface area contributed by atoms with Crippen molar-refractivity contribution >= 4 is 51.7 Å². The number of hydrogen-bond acceptors (Lipinski definition) is 5. The van der Waals surface area contributed by atoms with Gasteiger partial charge in [-0.05, 0) is 139 Å². The van der Waals surface area contributed by atoms with E-state index in [1.807, 2.05) is 36.4 Å². The molecule has 7 rings (SSSR count). The van der Waals surface area contributed by atoms with Gasteiger partial charge in [0.15, 0.2) is 0 Å². The van der Waals surface area contributed by atoms with Crippen LogP contribution < -0.4 is 19.3 Å². The minimum absolute atomic E-state index is 0.347. The highest BCUT2D eigenvalue weighted by Gasteiger charge is 2.19. The van der Waals surface area contributed by atoms with Gasteiger partial charge in [-0.2, -0.15) is 0 Å². The topological polar surface area (TPSA) is 42.0 Å². The van der Waals surface area contributed by atoms with E-state index in [2.05, 4.69) is 170 Å². The minimum atomic E-state index is -0.347. The number of benzene rings is 7. The standard InChI is InChI=1S/C50H44N2O3/c1-35-17-25-42(26-18-35)51(49-15-8-6-11-36(49)2)44-13-10-14-45(34-44)52(50-16-9-7-12-37(50)3)43-27-19-39(20-28-43)33-48(40-21-29-46(54-5)30-22-40)41-23-31-47(32-24-41)55-38(4)53/h6-34H,1-5H3. The van der Waals surface area contributed by atoms with Crippen LogP contribution in [-0.2, 0) is 4.79 Å². The fourth-order valence-electron chi connectivity index (χ4n) is 6.81. The van der Waals surface area contributed by atoms with Crippen LogP contribution in [0.2, 0.25) is 0 Å². The summed E-state index contributed by atoms with van der Waals surface area (Å²) in [7, 11) is 1.67. The maximum absolute atomic E-state index is 11.6. The Morgan fingerprint density at radius 1 is 0.509 bits per heavy atom. The monoisotopic (exact) mass is 720 g/mol. The highest BCUT2D eigenvalue weighted by Crippen LogP contribution is 2.42. The molecule has 5 heteroatoms. The molecule has 0 N–H and O–H groups in total. The van der Waals surface area contributed by atoms with E-state index in [1.165, 1.54) is 23.6 Å². The largest absolute Gasteiger partial charge is 0.497 e. The van der Waals surface area contributed by atoms with E-state index in [0.29, 0.717) is 5.75 Å². The van der Waals surface area contributed by atoms with Crippen molar-refractivity contribution in [3.63, 3.8) is 0 Å². The Hall–Kier alpha value is -6.85. The number of rotatable bonds is 11. The van der Waals surface area contributed by atoms with Gasteiger partial charge < -0.3 is 19.3 Å². The SMILES string of the molecule is COc1ccc(C(=Cc2ccc(N(c3cccc(N(c4ccc(C)cc4)c4ccccc4C)c3)c3ccccc3C)cc2)c2ccc(OC(C)=O)cc2)cc1. The molecule has 0 unspecified atom stereocenters. The second kappa shape index (κ2) is 16.4. The van der Waals surface area contributed by atoms with E-state index < -0.39 is 0 Å². The Kier molecular flexibility index (Phi) is 10.9. The summed E-state index contributed by atoms with van der Waals surface area (Å²) in [6, 6.07) is 58.8. The van der Waals surface area contributed by atoms with Gasteiger partial charge in [-0.25, -0.2) is 0 Å². The van der Waals surface area contributed by atoms with Crippen LogP contribution in [-0.4, -0.2) is 13.1 Å². The van der Waals surface area contributed by atoms with Gasteiger partial charge in [-0.1, -0.05) is 96.6 Å². The number of anilines is 6. The number of methoxy groups -OCH3 is 1. The fourth-order valence-corrected chi connectivity index (χ4v) is 6.81. The summed E-state index contributed by atoms with van der Waals surface area (Å²) in [6.45, 7) is 7.84. The molecule has 0 fully saturated rings. The number of para-hydroxylation sites is 2. The summed E-state index contributed by atoms with van der Waals surface area (Å²) < 4.78 is 10.8. The van der Waals surface area contributed by atoms with Crippen LogP contribution in [0.1, 0.15) is 40.3 Å². The lowest BCUT2D eigenvalue weighted by molar-refractivity contribution is -0.131. The van der Waals surface area contributed by atoms with E-state index in [9.17, 15) is 4.79 Å². The Bertz CT molecular complexity index is 2430. The molecule has 0 aliphatic rings. The molecule has 0 saturated heterocycles. The van der Waals surface area contributed by atoms with Crippen molar-refractivity contribution in [3.05, 3.63) is 203 Å². The average Bonchev–Trinajstić information content (AvgIpc) is 3.20. The van der Waals surface area contributed by atoms with Crippen molar-refractivity contribution in [3.8, 4) is 11.5 Å². The molecule has 0 atom stereocenters. The minimum Gasteiger partial charge on any atom is -0.497 e. The van der Waals surface area contributed by atoms with Crippen LogP contribution in [0.4, 0.5) is 34.1 Å². The number of esters is 1. The first kappa shape index (κ1) is 36.5. The van der Waals surface area contributed by atoms with Gasteiger partial charge in [0.2, 0.25) is 0 Å². The van der Waals surface area contributed by atoms with Crippen molar-refractivity contribution in [1.82, 2.24) is 0 Å². The molecule has 5 nitrogen and oxygen atoms in total. The highest BCUT2D eigenvalue weighted by atomic mass is 16.5. The quantitative estimate of drug-likeness (QED) is 0.0756. The Labute approximate surface area is 324 Å². The molecule has 0 bridgehead atoms. The van der Waals surface area contributed by atoms with Crippen LogP contribution in [0.25, 0.3) is 11.6 Å². The summed E-state index contributed by atoms with van der Waals surface area (Å²) in [6.07, 6.45) is 2.19. The van der Waals surface area contributed by atoms with Gasteiger partial charge in [0.25, 0.3) is 0 Å². The summed E-state index contributed by atoms with van der Waals surface area (Å²) in [4.78, 5) is 16.2. The van der Waals surface area contributed by atoms with Gasteiger partial charge in [-0.3, -0.25) is 4.79 Å². The number of carbonyl (C=O) groups is 1. The fraction of sp³-hybridized carbons (Fsp3) is 0.100. The molecule has 0 aromatic heterocycles. The third kappa shape index (κ3) is 8.37. The molecule has 7 aromatic rings. The van der Waals surface area contributed by atoms with E-state index in [4.69, 9.17) is 9.47 Å². The highest BCUT2D eigenvalue weighted by molar-refractivity contribution is 5.92. The molecule has 55 heavy (non-hydrogen) atoms. The number of hydrogen-bond donors (Lipinski definition) is 0. The molecule has 0 saturated carbocycles. The first-order valence-corrected chi connectivity index (χ1v) is 18.4. The number of nitrogens with zero attached hydrogens (tertiary/aromatic N) is 2. The van der Waals surface area contributed by atoms with Gasteiger partial charge in [0.05, 0.1) is 7.11 Å². The van der Waals surface area contributed by atoms with Gasteiger partial charge in [0.1, 0.15) is 11.5 Å². The molecular weight excluding hydrogens is 677 g/mol. The molecule has 0 amide bonds. The van der Waals surface area contributed by atoms with Crippen LogP contribution >= 0.6 is 0 Å². The average molecular weight is 721 g/mol. The van der Waals surface area contributed by atoms with E-state index >= 15 is 0 Å². The van der Waals surface area contributed by atoms with Crippen molar-refractivity contribution in [1.29, 1.82) is 0 Å². The molecule has 0 heterocycles. The Balaban J connectivity index is 1.31. The van der Waals surface area contributed by atoms with Crippen molar-refractivity contribution < 1.29 is 14.3 Å². The van der Waals surface area contributed by atoms with E-state index in [-0.39, 0.29) is 5.97 Å². The third-order valence-electron chi connectivity index (χ3n) is 9.64. The van der Waals surface area contributed by atoms with Gasteiger partial charge >= 0.3 is 5.97 Å². The third-order valence-corrected chi connectivity index (χ3v) is 9.64. The molecule has 7 aromatic carbocycles. The molecule has 272 valence electrons. The van der Waals surface area contributed by atoms with Crippen molar-refractivity contribution in [2.75, 3.05) is 16.9 Å². The van der Waals surface area contributed by atoms with Crippen molar-refractivity contribution in [2.24, 2.45) is 0 Å². The summed E-state index contributed by atoms with van der Waals surface area (Å²) in [5.41, 5.74) is 14.2. The zero-order chi connectivity index (χ0) is 38.3. The predicted molar refractivity (Wildman–Crippen MR) is 228 cm³/mol. The molecule has 0 spiro atoms. The first-order valence-electron chi connectivity index (χ1n) is 18.4. The maximum Gasteiger partial charge on any atom is 0.308 e. The summed E-state index contributed by atoms with van der Waals surface area (Å²) in [5.74, 6) is 0.954. The number of aryl methyl sites for hydroxylation is 3. The number of carbonyl (C=O) groups excluding carboxylic acids is 1. The van der Waals surface area contributed by atoms with E-state index in [1.54, 1.807) is 7.11 Å². The number of ether oxygens (including phenoxy) is 2. The first-order chi connectivity index (χ1) is 26.8. The molecule has 0 aliphatic carbocycles. The second-order valence-electron chi connectivity index (χ2n) is 13.6. The van der Waals surface area contributed by atoms with Crippen LogP contribution in [0.3, 0.4) is 0 Å². The van der Waals surface area contributed by atoms with E-state index in [0.717, 1.165) is 62.1 Å². The maximum atomic E-state index is 11.6. The lowest BCUT2D eigenvalue weighted by Crippen LogP contribution is -2.14. The van der Waals surface area contributed by atoms with Crippen molar-refractivity contribution in [2.45, 2.75) is 27.7 Å². The second-order valence-corrected chi connectivity index (χ2v) is 13.6.